The van der Waals surface area contributed by atoms with Gasteiger partial charge in [0.2, 0.25) is 0 Å². The fraction of sp³-hybridized carbons (Fsp3) is 0.571. The number of hydrogen-bond acceptors (Lipinski definition) is 2. The third-order valence-electron chi connectivity index (χ3n) is 3.49. The van der Waals surface area contributed by atoms with Gasteiger partial charge in [0, 0.05) is 24.7 Å². The van der Waals surface area contributed by atoms with Crippen LogP contribution in [0.3, 0.4) is 0 Å². The van der Waals surface area contributed by atoms with Crippen molar-refractivity contribution < 1.29 is 13.2 Å². The molecule has 19 heavy (non-hydrogen) atoms. The molecule has 0 bridgehead atoms. The van der Waals surface area contributed by atoms with E-state index in [0.717, 1.165) is 25.7 Å². The van der Waals surface area contributed by atoms with Gasteiger partial charge in [-0.1, -0.05) is 6.07 Å². The summed E-state index contributed by atoms with van der Waals surface area (Å²) in [6.07, 6.45) is 2.45. The van der Waals surface area contributed by atoms with Crippen LogP contribution in [0.5, 0.6) is 0 Å². The van der Waals surface area contributed by atoms with E-state index in [4.69, 9.17) is 0 Å². The number of rotatable bonds is 5. The lowest BCUT2D eigenvalue weighted by atomic mass is 10.2. The van der Waals surface area contributed by atoms with Crippen molar-refractivity contribution in [2.24, 2.45) is 0 Å². The molecule has 1 heterocycles. The van der Waals surface area contributed by atoms with Gasteiger partial charge in [0.05, 0.1) is 0 Å². The normalized spacial score (nSPS) is 17.9. The van der Waals surface area contributed by atoms with E-state index in [9.17, 15) is 13.2 Å². The summed E-state index contributed by atoms with van der Waals surface area (Å²) in [5.41, 5.74) is 0.159. The third kappa shape index (κ3) is 3.70. The van der Waals surface area contributed by atoms with Crippen LogP contribution < -0.4 is 5.32 Å². The van der Waals surface area contributed by atoms with Gasteiger partial charge >= 0.3 is 0 Å². The molecule has 1 aliphatic rings. The van der Waals surface area contributed by atoms with Crippen molar-refractivity contribution in [3.63, 3.8) is 0 Å². The van der Waals surface area contributed by atoms with E-state index in [1.165, 1.54) is 18.9 Å². The second kappa shape index (κ2) is 6.39. The maximum Gasteiger partial charge on any atom is 0.194 e. The van der Waals surface area contributed by atoms with Crippen LogP contribution in [0.1, 0.15) is 25.3 Å². The Hall–Kier alpha value is -1.07. The average Bonchev–Trinajstić information content (AvgIpc) is 2.88. The molecule has 0 radical (unpaired) electrons. The van der Waals surface area contributed by atoms with Gasteiger partial charge in [0.15, 0.2) is 17.5 Å². The summed E-state index contributed by atoms with van der Waals surface area (Å²) in [7, 11) is 0. The van der Waals surface area contributed by atoms with Crippen molar-refractivity contribution in [1.82, 2.24) is 10.2 Å². The Morgan fingerprint density at radius 3 is 2.53 bits per heavy atom. The molecule has 1 N–H and O–H groups in total. The molecule has 2 rings (SSSR count). The van der Waals surface area contributed by atoms with Crippen LogP contribution in [0.25, 0.3) is 0 Å². The van der Waals surface area contributed by atoms with Gasteiger partial charge in [-0.3, -0.25) is 0 Å². The number of likely N-dealkylation sites (tertiary alicyclic amines) is 1. The minimum Gasteiger partial charge on any atom is -0.309 e. The van der Waals surface area contributed by atoms with Gasteiger partial charge in [-0.2, -0.15) is 0 Å². The molecule has 1 aliphatic heterocycles. The first-order chi connectivity index (χ1) is 9.08. The summed E-state index contributed by atoms with van der Waals surface area (Å²) < 4.78 is 39.3. The van der Waals surface area contributed by atoms with Gasteiger partial charge < -0.3 is 10.2 Å². The highest BCUT2D eigenvalue weighted by atomic mass is 19.2. The average molecular weight is 272 g/mol. The van der Waals surface area contributed by atoms with Crippen LogP contribution >= 0.6 is 0 Å². The molecule has 0 aliphatic carbocycles. The molecule has 0 spiro atoms. The zero-order chi connectivity index (χ0) is 13.8. The SMILES string of the molecule is CC(CN1CCCC1)NCc1ccc(F)c(F)c1F. The molecular weight excluding hydrogens is 253 g/mol. The van der Waals surface area contributed by atoms with Crippen molar-refractivity contribution in [2.45, 2.75) is 32.4 Å². The third-order valence-corrected chi connectivity index (χ3v) is 3.49. The van der Waals surface area contributed by atoms with E-state index in [2.05, 4.69) is 10.2 Å². The van der Waals surface area contributed by atoms with Crippen molar-refractivity contribution in [1.29, 1.82) is 0 Å². The fourth-order valence-corrected chi connectivity index (χ4v) is 2.40. The smallest absolute Gasteiger partial charge is 0.194 e. The first-order valence-electron chi connectivity index (χ1n) is 6.66. The predicted octanol–water partition coefficient (Wildman–Crippen LogP) is 2.68. The molecule has 2 nitrogen and oxygen atoms in total. The summed E-state index contributed by atoms with van der Waals surface area (Å²) in [4.78, 5) is 2.35. The Kier molecular flexibility index (Phi) is 4.82. The molecule has 5 heteroatoms. The van der Waals surface area contributed by atoms with Gasteiger partial charge in [-0.05, 0) is 38.9 Å². The molecular formula is C14H19F3N2. The quantitative estimate of drug-likeness (QED) is 0.829. The Labute approximate surface area is 111 Å². The molecule has 0 saturated carbocycles. The van der Waals surface area contributed by atoms with Gasteiger partial charge in [0.25, 0.3) is 0 Å². The number of nitrogens with zero attached hydrogens (tertiary/aromatic N) is 1. The minimum atomic E-state index is -1.40. The lowest BCUT2D eigenvalue weighted by Gasteiger charge is -2.21. The van der Waals surface area contributed by atoms with Crippen LogP contribution in [0, 0.1) is 17.5 Å². The number of halogens is 3. The van der Waals surface area contributed by atoms with Gasteiger partial charge in [-0.15, -0.1) is 0 Å². The van der Waals surface area contributed by atoms with Gasteiger partial charge in [0.1, 0.15) is 0 Å². The van der Waals surface area contributed by atoms with E-state index < -0.39 is 17.5 Å². The first-order valence-corrected chi connectivity index (χ1v) is 6.66. The molecule has 0 amide bonds. The summed E-state index contributed by atoms with van der Waals surface area (Å²) in [6, 6.07) is 2.43. The lowest BCUT2D eigenvalue weighted by molar-refractivity contribution is 0.297. The topological polar surface area (TPSA) is 15.3 Å². The molecule has 1 unspecified atom stereocenters. The standard InChI is InChI=1S/C14H19F3N2/c1-10(9-19-6-2-3-7-19)18-8-11-4-5-12(15)14(17)13(11)16/h4-5,10,18H,2-3,6-9H2,1H3. The minimum absolute atomic E-state index is 0.159. The van der Waals surface area contributed by atoms with Crippen LogP contribution in [0.15, 0.2) is 12.1 Å². The largest absolute Gasteiger partial charge is 0.309 e. The van der Waals surface area contributed by atoms with E-state index >= 15 is 0 Å². The predicted molar refractivity (Wildman–Crippen MR) is 68.3 cm³/mol. The number of hydrogen-bond donors (Lipinski definition) is 1. The molecule has 0 aromatic heterocycles. The molecule has 1 atom stereocenters. The lowest BCUT2D eigenvalue weighted by Crippen LogP contribution is -2.37. The van der Waals surface area contributed by atoms with Crippen molar-refractivity contribution >= 4 is 0 Å². The summed E-state index contributed by atoms with van der Waals surface area (Å²) in [6.45, 7) is 5.32. The Morgan fingerprint density at radius 2 is 1.84 bits per heavy atom. The highest BCUT2D eigenvalue weighted by Gasteiger charge is 2.16. The Bertz CT molecular complexity index is 431. The van der Waals surface area contributed by atoms with E-state index in [1.54, 1.807) is 0 Å². The summed E-state index contributed by atoms with van der Waals surface area (Å²) in [5.74, 6) is -3.64. The van der Waals surface area contributed by atoms with E-state index in [-0.39, 0.29) is 18.2 Å². The van der Waals surface area contributed by atoms with E-state index in [1.807, 2.05) is 6.92 Å². The molecule has 1 aromatic rings. The van der Waals surface area contributed by atoms with E-state index in [0.29, 0.717) is 0 Å². The zero-order valence-electron chi connectivity index (χ0n) is 11.1. The Balaban J connectivity index is 1.86. The van der Waals surface area contributed by atoms with Crippen molar-refractivity contribution in [3.8, 4) is 0 Å². The molecule has 106 valence electrons. The highest BCUT2D eigenvalue weighted by molar-refractivity contribution is 5.20. The molecule has 1 fully saturated rings. The number of benzene rings is 1. The summed E-state index contributed by atoms with van der Waals surface area (Å²) in [5, 5.41) is 3.14. The van der Waals surface area contributed by atoms with Crippen LogP contribution in [0.2, 0.25) is 0 Å². The maximum atomic E-state index is 13.5. The van der Waals surface area contributed by atoms with Crippen LogP contribution in [-0.4, -0.2) is 30.6 Å². The monoisotopic (exact) mass is 272 g/mol. The fourth-order valence-electron chi connectivity index (χ4n) is 2.40. The first kappa shape index (κ1) is 14.3. The second-order valence-corrected chi connectivity index (χ2v) is 5.12. The van der Waals surface area contributed by atoms with Crippen molar-refractivity contribution in [3.05, 3.63) is 35.1 Å². The molecule has 1 saturated heterocycles. The molecule has 1 aromatic carbocycles. The second-order valence-electron chi connectivity index (χ2n) is 5.12. The van der Waals surface area contributed by atoms with Crippen LogP contribution in [-0.2, 0) is 6.54 Å². The summed E-state index contributed by atoms with van der Waals surface area (Å²) >= 11 is 0. The maximum absolute atomic E-state index is 13.5. The Morgan fingerprint density at radius 1 is 1.16 bits per heavy atom. The van der Waals surface area contributed by atoms with Gasteiger partial charge in [-0.25, -0.2) is 13.2 Å². The highest BCUT2D eigenvalue weighted by Crippen LogP contribution is 2.15. The number of nitrogens with one attached hydrogen (secondary N) is 1. The van der Waals surface area contributed by atoms with Crippen molar-refractivity contribution in [2.75, 3.05) is 19.6 Å². The zero-order valence-corrected chi connectivity index (χ0v) is 11.1. The van der Waals surface area contributed by atoms with Crippen LogP contribution in [0.4, 0.5) is 13.2 Å².